The van der Waals surface area contributed by atoms with Crippen LogP contribution in [0.1, 0.15) is 26.7 Å². The van der Waals surface area contributed by atoms with Crippen molar-refractivity contribution in [1.82, 2.24) is 5.32 Å². The molecule has 1 fully saturated rings. The maximum absolute atomic E-state index is 13.9. The van der Waals surface area contributed by atoms with E-state index in [9.17, 15) is 9.18 Å². The zero-order valence-electron chi connectivity index (χ0n) is 8.32. The van der Waals surface area contributed by atoms with Gasteiger partial charge in [-0.3, -0.25) is 0 Å². The van der Waals surface area contributed by atoms with Crippen LogP contribution in [0.4, 0.5) is 4.39 Å². The first-order valence-electron chi connectivity index (χ1n) is 4.42. The second kappa shape index (κ2) is 3.25. The van der Waals surface area contributed by atoms with E-state index in [-0.39, 0.29) is 18.4 Å². The zero-order valence-corrected chi connectivity index (χ0v) is 8.32. The molecule has 0 amide bonds. The summed E-state index contributed by atoms with van der Waals surface area (Å²) in [4.78, 5) is 11.2. The molecule has 3 nitrogen and oxygen atoms in total. The Morgan fingerprint density at radius 3 is 2.62 bits per heavy atom. The average molecular weight is 189 g/mol. The number of hydrogen-bond donors (Lipinski definition) is 1. The second-order valence-corrected chi connectivity index (χ2v) is 4.19. The van der Waals surface area contributed by atoms with Gasteiger partial charge in [0.2, 0.25) is 5.67 Å². The molecule has 1 aliphatic rings. The van der Waals surface area contributed by atoms with Crippen LogP contribution in [0, 0.1) is 0 Å². The molecule has 4 heteroatoms. The highest BCUT2D eigenvalue weighted by atomic mass is 19.1. The van der Waals surface area contributed by atoms with Crippen molar-refractivity contribution in [2.75, 3.05) is 13.7 Å². The van der Waals surface area contributed by atoms with Gasteiger partial charge in [-0.2, -0.15) is 0 Å². The number of halogens is 1. The molecule has 0 aromatic rings. The largest absolute Gasteiger partial charge is 0.467 e. The summed E-state index contributed by atoms with van der Waals surface area (Å²) in [6.07, 6.45) is 0.371. The predicted octanol–water partition coefficient (Wildman–Crippen LogP) is 1.03. The molecular formula is C9H16FNO2. The minimum absolute atomic E-state index is 0.173. The number of piperidine rings is 1. The molecule has 0 aliphatic carbocycles. The molecule has 1 heterocycles. The van der Waals surface area contributed by atoms with Crippen LogP contribution in [0.25, 0.3) is 0 Å². The summed E-state index contributed by atoms with van der Waals surface area (Å²) in [5.41, 5.74) is -2.13. The first kappa shape index (κ1) is 10.4. The van der Waals surface area contributed by atoms with E-state index in [0.29, 0.717) is 6.54 Å². The van der Waals surface area contributed by atoms with Crippen LogP contribution in [0.5, 0.6) is 0 Å². The van der Waals surface area contributed by atoms with Crippen LogP contribution in [0.3, 0.4) is 0 Å². The number of nitrogens with one attached hydrogen (secondary N) is 1. The molecule has 13 heavy (non-hydrogen) atoms. The quantitative estimate of drug-likeness (QED) is 0.626. The molecule has 0 spiro atoms. The molecule has 0 aromatic carbocycles. The normalized spacial score (nSPS) is 32.6. The van der Waals surface area contributed by atoms with Gasteiger partial charge >= 0.3 is 5.97 Å². The lowest BCUT2D eigenvalue weighted by Crippen LogP contribution is -2.55. The van der Waals surface area contributed by atoms with Crippen molar-refractivity contribution in [3.63, 3.8) is 0 Å². The minimum Gasteiger partial charge on any atom is -0.467 e. The molecule has 1 aliphatic heterocycles. The van der Waals surface area contributed by atoms with Crippen molar-refractivity contribution < 1.29 is 13.9 Å². The van der Waals surface area contributed by atoms with E-state index in [2.05, 4.69) is 10.1 Å². The fourth-order valence-corrected chi connectivity index (χ4v) is 1.81. The number of alkyl halides is 1. The highest BCUT2D eigenvalue weighted by molar-refractivity contribution is 5.79. The third-order valence-corrected chi connectivity index (χ3v) is 2.40. The number of hydrogen-bond acceptors (Lipinski definition) is 3. The smallest absolute Gasteiger partial charge is 0.343 e. The number of ether oxygens (including phenoxy) is 1. The van der Waals surface area contributed by atoms with E-state index in [0.717, 1.165) is 0 Å². The van der Waals surface area contributed by atoms with Gasteiger partial charge in [-0.15, -0.1) is 0 Å². The second-order valence-electron chi connectivity index (χ2n) is 4.19. The summed E-state index contributed by atoms with van der Waals surface area (Å²) in [5, 5.41) is 3.14. The molecule has 1 N–H and O–H groups in total. The van der Waals surface area contributed by atoms with Crippen molar-refractivity contribution >= 4 is 5.97 Å². The molecule has 1 atom stereocenters. The van der Waals surface area contributed by atoms with Crippen LogP contribution < -0.4 is 5.32 Å². The lowest BCUT2D eigenvalue weighted by atomic mass is 9.82. The van der Waals surface area contributed by atoms with Gasteiger partial charge in [-0.05, 0) is 20.4 Å². The lowest BCUT2D eigenvalue weighted by molar-refractivity contribution is -0.158. The highest BCUT2D eigenvalue weighted by Gasteiger charge is 2.46. The van der Waals surface area contributed by atoms with Crippen molar-refractivity contribution in [3.05, 3.63) is 0 Å². The van der Waals surface area contributed by atoms with E-state index in [1.807, 2.05) is 13.8 Å². The van der Waals surface area contributed by atoms with Gasteiger partial charge in [0.1, 0.15) is 0 Å². The fourth-order valence-electron chi connectivity index (χ4n) is 1.81. The topological polar surface area (TPSA) is 38.3 Å². The Morgan fingerprint density at radius 1 is 1.54 bits per heavy atom. The van der Waals surface area contributed by atoms with E-state index >= 15 is 0 Å². The Hall–Kier alpha value is -0.640. The van der Waals surface area contributed by atoms with Gasteiger partial charge in [0.25, 0.3) is 0 Å². The summed E-state index contributed by atoms with van der Waals surface area (Å²) in [6.45, 7) is 4.27. The Kier molecular flexibility index (Phi) is 2.61. The van der Waals surface area contributed by atoms with Gasteiger partial charge in [0.05, 0.1) is 7.11 Å². The predicted molar refractivity (Wildman–Crippen MR) is 47.2 cm³/mol. The van der Waals surface area contributed by atoms with Crippen LogP contribution in [0.2, 0.25) is 0 Å². The monoisotopic (exact) mass is 189 g/mol. The van der Waals surface area contributed by atoms with Gasteiger partial charge in [-0.1, -0.05) is 0 Å². The van der Waals surface area contributed by atoms with Gasteiger partial charge < -0.3 is 10.1 Å². The Labute approximate surface area is 77.6 Å². The number of carbonyl (C=O) groups excluding carboxylic acids is 1. The number of esters is 1. The van der Waals surface area contributed by atoms with Crippen LogP contribution >= 0.6 is 0 Å². The summed E-state index contributed by atoms with van der Waals surface area (Å²) in [6, 6.07) is 0. The maximum atomic E-state index is 13.9. The Morgan fingerprint density at radius 2 is 2.15 bits per heavy atom. The first-order valence-corrected chi connectivity index (χ1v) is 4.42. The summed E-state index contributed by atoms with van der Waals surface area (Å²) in [7, 11) is 1.22. The molecule has 1 rings (SSSR count). The number of methoxy groups -OCH3 is 1. The molecule has 0 radical (unpaired) electrons. The third kappa shape index (κ3) is 2.18. The summed E-state index contributed by atoms with van der Waals surface area (Å²) >= 11 is 0. The third-order valence-electron chi connectivity index (χ3n) is 2.40. The minimum atomic E-state index is -1.80. The molecule has 76 valence electrons. The SMILES string of the molecule is COC(=O)[C@@]1(F)CCNC(C)(C)C1. The van der Waals surface area contributed by atoms with Gasteiger partial charge in [0.15, 0.2) is 0 Å². The van der Waals surface area contributed by atoms with Crippen molar-refractivity contribution in [2.45, 2.75) is 37.9 Å². The maximum Gasteiger partial charge on any atom is 0.343 e. The Bertz CT molecular complexity index is 218. The zero-order chi connectivity index (χ0) is 10.1. The number of rotatable bonds is 1. The van der Waals surface area contributed by atoms with E-state index < -0.39 is 11.6 Å². The van der Waals surface area contributed by atoms with E-state index in [1.165, 1.54) is 7.11 Å². The van der Waals surface area contributed by atoms with Crippen LogP contribution in [-0.4, -0.2) is 30.8 Å². The molecule has 1 saturated heterocycles. The molecule has 0 bridgehead atoms. The van der Waals surface area contributed by atoms with Crippen LogP contribution in [-0.2, 0) is 9.53 Å². The lowest BCUT2D eigenvalue weighted by Gasteiger charge is -2.38. The fraction of sp³-hybridized carbons (Fsp3) is 0.889. The van der Waals surface area contributed by atoms with Gasteiger partial charge in [0, 0.05) is 18.4 Å². The first-order chi connectivity index (χ1) is 5.90. The van der Waals surface area contributed by atoms with Crippen LogP contribution in [0.15, 0.2) is 0 Å². The molecule has 0 saturated carbocycles. The van der Waals surface area contributed by atoms with Gasteiger partial charge in [-0.25, -0.2) is 9.18 Å². The molecule has 0 aromatic heterocycles. The number of carbonyl (C=O) groups is 1. The summed E-state index contributed by atoms with van der Waals surface area (Å²) in [5.74, 6) is -0.748. The van der Waals surface area contributed by atoms with E-state index in [4.69, 9.17) is 0 Å². The van der Waals surface area contributed by atoms with Crippen molar-refractivity contribution in [3.8, 4) is 0 Å². The van der Waals surface area contributed by atoms with Crippen molar-refractivity contribution in [1.29, 1.82) is 0 Å². The molecular weight excluding hydrogens is 173 g/mol. The van der Waals surface area contributed by atoms with E-state index in [1.54, 1.807) is 0 Å². The molecule has 0 unspecified atom stereocenters. The average Bonchev–Trinajstić information content (AvgIpc) is 2.00. The van der Waals surface area contributed by atoms with Crippen molar-refractivity contribution in [2.24, 2.45) is 0 Å². The Balaban J connectivity index is 2.74. The standard InChI is InChI=1S/C9H16FNO2/c1-8(2)6-9(10,4-5-11-8)7(12)13-3/h11H,4-6H2,1-3H3/t9-/m1/s1. The summed E-state index contributed by atoms with van der Waals surface area (Å²) < 4.78 is 18.4. The highest BCUT2D eigenvalue weighted by Crippen LogP contribution is 2.32.